The molecule has 3 rings (SSSR count). The summed E-state index contributed by atoms with van der Waals surface area (Å²) < 4.78 is 12.4. The average molecular weight is 295 g/mol. The van der Waals surface area contributed by atoms with Crippen molar-refractivity contribution in [1.29, 1.82) is 0 Å². The molecule has 1 aromatic heterocycles. The maximum Gasteiger partial charge on any atom is 0.293 e. The quantitative estimate of drug-likeness (QED) is 0.606. The number of nitrogens with zero attached hydrogens (tertiary/aromatic N) is 2. The van der Waals surface area contributed by atoms with Crippen molar-refractivity contribution in [3.05, 3.63) is 29.6 Å². The van der Waals surface area contributed by atoms with Gasteiger partial charge in [0.1, 0.15) is 12.4 Å². The van der Waals surface area contributed by atoms with Gasteiger partial charge < -0.3 is 14.0 Å². The molecule has 106 valence electrons. The largest absolute Gasteiger partial charge is 0.463 e. The highest BCUT2D eigenvalue weighted by Gasteiger charge is 2.21. The third kappa shape index (κ3) is 2.51. The SMILES string of the molecule is O=COCc1ccc2nc(CCl)n(C[C@@H]3CCO3)c2c1. The predicted octanol–water partition coefficient (Wildman–Crippen LogP) is 2.24. The van der Waals surface area contributed by atoms with Gasteiger partial charge in [-0.1, -0.05) is 6.07 Å². The number of rotatable bonds is 6. The Balaban J connectivity index is 1.96. The Labute approximate surface area is 121 Å². The fourth-order valence-electron chi connectivity index (χ4n) is 2.38. The van der Waals surface area contributed by atoms with Crippen molar-refractivity contribution in [2.45, 2.75) is 31.6 Å². The van der Waals surface area contributed by atoms with Gasteiger partial charge >= 0.3 is 0 Å². The summed E-state index contributed by atoms with van der Waals surface area (Å²) in [5, 5.41) is 0. The zero-order valence-electron chi connectivity index (χ0n) is 10.9. The number of imidazole rings is 1. The van der Waals surface area contributed by atoms with Crippen LogP contribution in [-0.2, 0) is 33.3 Å². The van der Waals surface area contributed by atoms with E-state index < -0.39 is 0 Å². The van der Waals surface area contributed by atoms with Crippen LogP contribution in [-0.4, -0.2) is 28.7 Å². The highest BCUT2D eigenvalue weighted by molar-refractivity contribution is 6.16. The highest BCUT2D eigenvalue weighted by atomic mass is 35.5. The zero-order valence-corrected chi connectivity index (χ0v) is 11.7. The second-order valence-corrected chi connectivity index (χ2v) is 5.05. The van der Waals surface area contributed by atoms with Gasteiger partial charge in [-0.05, 0) is 24.1 Å². The number of hydrogen-bond acceptors (Lipinski definition) is 4. The molecule has 6 heteroatoms. The van der Waals surface area contributed by atoms with E-state index in [1.54, 1.807) is 0 Å². The number of carbonyl (C=O) groups is 1. The van der Waals surface area contributed by atoms with Gasteiger partial charge in [0.25, 0.3) is 6.47 Å². The minimum absolute atomic E-state index is 0.240. The summed E-state index contributed by atoms with van der Waals surface area (Å²) in [6.07, 6.45) is 1.30. The van der Waals surface area contributed by atoms with Crippen LogP contribution in [0.25, 0.3) is 11.0 Å². The van der Waals surface area contributed by atoms with Crippen LogP contribution in [0.4, 0.5) is 0 Å². The van der Waals surface area contributed by atoms with Gasteiger partial charge in [-0.25, -0.2) is 4.98 Å². The smallest absolute Gasteiger partial charge is 0.293 e. The lowest BCUT2D eigenvalue weighted by Gasteiger charge is -2.27. The van der Waals surface area contributed by atoms with Crippen LogP contribution in [0, 0.1) is 0 Å². The molecule has 1 saturated heterocycles. The van der Waals surface area contributed by atoms with E-state index in [1.165, 1.54) is 0 Å². The molecule has 1 fully saturated rings. The van der Waals surface area contributed by atoms with Gasteiger partial charge in [-0.3, -0.25) is 4.79 Å². The van der Waals surface area contributed by atoms with Crippen LogP contribution in [0.5, 0.6) is 0 Å². The van der Waals surface area contributed by atoms with Crippen LogP contribution in [0.1, 0.15) is 17.8 Å². The number of benzene rings is 1. The van der Waals surface area contributed by atoms with Crippen LogP contribution >= 0.6 is 11.6 Å². The third-order valence-corrected chi connectivity index (χ3v) is 3.75. The maximum atomic E-state index is 10.3. The summed E-state index contributed by atoms with van der Waals surface area (Å²) in [4.78, 5) is 14.8. The second-order valence-electron chi connectivity index (χ2n) is 4.78. The molecule has 0 N–H and O–H groups in total. The summed E-state index contributed by atoms with van der Waals surface area (Å²) in [6.45, 7) is 2.30. The minimum Gasteiger partial charge on any atom is -0.463 e. The first-order valence-electron chi connectivity index (χ1n) is 6.52. The Kier molecular flexibility index (Phi) is 3.89. The molecule has 1 aliphatic heterocycles. The lowest BCUT2D eigenvalue weighted by Crippen LogP contribution is -2.31. The van der Waals surface area contributed by atoms with E-state index in [1.807, 2.05) is 18.2 Å². The van der Waals surface area contributed by atoms with Crippen LogP contribution < -0.4 is 0 Å². The number of aromatic nitrogens is 2. The van der Waals surface area contributed by atoms with E-state index in [0.29, 0.717) is 12.4 Å². The Morgan fingerprint density at radius 1 is 1.55 bits per heavy atom. The maximum absolute atomic E-state index is 10.3. The molecule has 0 saturated carbocycles. The molecule has 1 aliphatic rings. The fraction of sp³-hybridized carbons (Fsp3) is 0.429. The lowest BCUT2D eigenvalue weighted by molar-refractivity contribution is -0.129. The third-order valence-electron chi connectivity index (χ3n) is 3.51. The molecule has 2 heterocycles. The van der Waals surface area contributed by atoms with Crippen molar-refractivity contribution in [3.63, 3.8) is 0 Å². The van der Waals surface area contributed by atoms with Gasteiger partial charge in [0.05, 0.1) is 29.6 Å². The normalized spacial score (nSPS) is 17.9. The van der Waals surface area contributed by atoms with Gasteiger partial charge in [0.15, 0.2) is 0 Å². The zero-order chi connectivity index (χ0) is 13.9. The fourth-order valence-corrected chi connectivity index (χ4v) is 2.58. The molecule has 20 heavy (non-hydrogen) atoms. The van der Waals surface area contributed by atoms with E-state index in [9.17, 15) is 4.79 Å². The number of ether oxygens (including phenoxy) is 2. The molecule has 0 aliphatic carbocycles. The van der Waals surface area contributed by atoms with Crippen molar-refractivity contribution < 1.29 is 14.3 Å². The number of hydrogen-bond donors (Lipinski definition) is 0. The van der Waals surface area contributed by atoms with Crippen LogP contribution in [0.3, 0.4) is 0 Å². The van der Waals surface area contributed by atoms with E-state index in [2.05, 4.69) is 9.55 Å². The van der Waals surface area contributed by atoms with Crippen molar-refractivity contribution in [2.24, 2.45) is 0 Å². The second kappa shape index (κ2) is 5.81. The molecule has 0 bridgehead atoms. The molecular formula is C14H15ClN2O3. The Hall–Kier alpha value is -1.59. The molecule has 1 atom stereocenters. The Morgan fingerprint density at radius 2 is 2.40 bits per heavy atom. The summed E-state index contributed by atoms with van der Waals surface area (Å²) in [6, 6.07) is 5.81. The number of carbonyl (C=O) groups excluding carboxylic acids is 1. The van der Waals surface area contributed by atoms with Crippen LogP contribution in [0.15, 0.2) is 18.2 Å². The Morgan fingerprint density at radius 3 is 3.05 bits per heavy atom. The highest BCUT2D eigenvalue weighted by Crippen LogP contribution is 2.23. The van der Waals surface area contributed by atoms with Gasteiger partial charge in [-0.15, -0.1) is 11.6 Å². The number of fused-ring (bicyclic) bond motifs is 1. The van der Waals surface area contributed by atoms with Gasteiger partial charge in [0, 0.05) is 6.61 Å². The molecule has 0 unspecified atom stereocenters. The van der Waals surface area contributed by atoms with E-state index in [0.717, 1.165) is 42.0 Å². The van der Waals surface area contributed by atoms with Crippen molar-refractivity contribution in [3.8, 4) is 0 Å². The summed E-state index contributed by atoms with van der Waals surface area (Å²) in [5.74, 6) is 1.20. The van der Waals surface area contributed by atoms with E-state index in [4.69, 9.17) is 21.1 Å². The minimum atomic E-state index is 0.240. The molecule has 0 spiro atoms. The lowest BCUT2D eigenvalue weighted by atomic mass is 10.1. The van der Waals surface area contributed by atoms with E-state index in [-0.39, 0.29) is 12.7 Å². The first-order valence-corrected chi connectivity index (χ1v) is 7.06. The molecule has 5 nitrogen and oxygen atoms in total. The van der Waals surface area contributed by atoms with Gasteiger partial charge in [-0.2, -0.15) is 0 Å². The topological polar surface area (TPSA) is 53.3 Å². The summed E-state index contributed by atoms with van der Waals surface area (Å²) in [7, 11) is 0. The van der Waals surface area contributed by atoms with Crippen LogP contribution in [0.2, 0.25) is 0 Å². The molecule has 0 radical (unpaired) electrons. The first kappa shape index (κ1) is 13.4. The average Bonchev–Trinajstić information content (AvgIpc) is 2.77. The standard InChI is InChI=1S/C14H15ClN2O3/c15-6-14-16-12-2-1-10(8-19-9-18)5-13(12)17(14)7-11-3-4-20-11/h1-2,5,9,11H,3-4,6-8H2/t11-/m0/s1. The monoisotopic (exact) mass is 294 g/mol. The van der Waals surface area contributed by atoms with Crippen molar-refractivity contribution >= 4 is 29.1 Å². The number of alkyl halides is 1. The molecule has 0 amide bonds. The van der Waals surface area contributed by atoms with Gasteiger partial charge in [0.2, 0.25) is 0 Å². The Bertz CT molecular complexity index is 622. The predicted molar refractivity (Wildman–Crippen MR) is 74.5 cm³/mol. The van der Waals surface area contributed by atoms with E-state index >= 15 is 0 Å². The van der Waals surface area contributed by atoms with Crippen molar-refractivity contribution in [2.75, 3.05) is 6.61 Å². The first-order chi connectivity index (χ1) is 9.81. The molecule has 2 aromatic rings. The molecular weight excluding hydrogens is 280 g/mol. The number of halogens is 1. The summed E-state index contributed by atoms with van der Waals surface area (Å²) in [5.41, 5.74) is 2.83. The molecule has 1 aromatic carbocycles. The summed E-state index contributed by atoms with van der Waals surface area (Å²) >= 11 is 5.98. The van der Waals surface area contributed by atoms with Crippen molar-refractivity contribution in [1.82, 2.24) is 9.55 Å².